The lowest BCUT2D eigenvalue weighted by Gasteiger charge is -2.18. The molecule has 0 atom stereocenters. The molecule has 0 bridgehead atoms. The predicted octanol–water partition coefficient (Wildman–Crippen LogP) is 7.01. The first-order chi connectivity index (χ1) is 32.5. The zero-order valence-electron chi connectivity index (χ0n) is 36.5. The second-order valence-electron chi connectivity index (χ2n) is 16.2. The average molecular weight is 933 g/mol. The molecule has 4 aliphatic rings. The zero-order valence-corrected chi connectivity index (χ0v) is 37.3. The number of carbonyl (C=O) groups is 4. The molecule has 348 valence electrons. The van der Waals surface area contributed by atoms with E-state index in [4.69, 9.17) is 19.6 Å². The van der Waals surface area contributed by atoms with Gasteiger partial charge in [-0.05, 0) is 96.5 Å². The molecule has 18 nitrogen and oxygen atoms in total. The van der Waals surface area contributed by atoms with Crippen LogP contribution in [0.25, 0.3) is 34.4 Å². The number of carbonyl (C=O) groups excluding carboxylic acids is 4. The van der Waals surface area contributed by atoms with E-state index in [1.165, 1.54) is 36.4 Å². The first kappa shape index (κ1) is 46.4. The van der Waals surface area contributed by atoms with Crippen LogP contribution < -0.4 is 20.4 Å². The van der Waals surface area contributed by atoms with Crippen LogP contribution >= 0.6 is 11.8 Å². The molecule has 0 spiro atoms. The number of amides is 4. The zero-order chi connectivity index (χ0) is 46.9. The number of nitro groups is 2. The Balaban J connectivity index is 1.13. The van der Waals surface area contributed by atoms with Gasteiger partial charge in [-0.2, -0.15) is 9.78 Å². The van der Waals surface area contributed by atoms with Crippen LogP contribution in [-0.2, 0) is 41.8 Å². The third kappa shape index (κ3) is 11.1. The van der Waals surface area contributed by atoms with E-state index in [-0.39, 0.29) is 57.3 Å². The van der Waals surface area contributed by atoms with Crippen molar-refractivity contribution in [3.63, 3.8) is 0 Å². The van der Waals surface area contributed by atoms with Gasteiger partial charge in [-0.3, -0.25) is 39.4 Å². The van der Waals surface area contributed by atoms with E-state index < -0.39 is 21.7 Å². The molecule has 0 radical (unpaired) electrons. The summed E-state index contributed by atoms with van der Waals surface area (Å²) >= 11 is 0.852. The van der Waals surface area contributed by atoms with E-state index in [1.54, 1.807) is 58.3 Å². The average Bonchev–Trinajstić information content (AvgIpc) is 3.95. The van der Waals surface area contributed by atoms with Crippen molar-refractivity contribution < 1.29 is 48.6 Å². The van der Waals surface area contributed by atoms with E-state index in [2.05, 4.69) is 10.6 Å². The second-order valence-corrected chi connectivity index (χ2v) is 17.3. The van der Waals surface area contributed by atoms with Crippen LogP contribution in [0.15, 0.2) is 82.6 Å². The lowest BCUT2D eigenvalue weighted by molar-refractivity contribution is -0.387. The highest BCUT2D eigenvalue weighted by atomic mass is 32.2. The van der Waals surface area contributed by atoms with Crippen LogP contribution in [0.4, 0.5) is 11.4 Å². The molecule has 4 aromatic carbocycles. The maximum atomic E-state index is 13.3. The molecule has 0 aliphatic carbocycles. The van der Waals surface area contributed by atoms with Crippen LogP contribution in [0.1, 0.15) is 60.8 Å². The third-order valence-corrected chi connectivity index (χ3v) is 12.9. The van der Waals surface area contributed by atoms with Gasteiger partial charge >= 0.3 is 0 Å². The molecule has 4 aliphatic heterocycles. The van der Waals surface area contributed by atoms with E-state index in [0.717, 1.165) is 35.7 Å². The lowest BCUT2D eigenvalue weighted by atomic mass is 9.94. The molecule has 67 heavy (non-hydrogen) atoms. The number of nitrogens with one attached hydrogen (secondary N) is 2. The van der Waals surface area contributed by atoms with Crippen molar-refractivity contribution in [3.8, 4) is 33.8 Å². The molecule has 4 aromatic rings. The summed E-state index contributed by atoms with van der Waals surface area (Å²) in [5, 5.41) is 32.3. The first-order valence-electron chi connectivity index (χ1n) is 22.2. The van der Waals surface area contributed by atoms with Crippen LogP contribution in [0.5, 0.6) is 11.5 Å². The van der Waals surface area contributed by atoms with E-state index >= 15 is 0 Å². The maximum absolute atomic E-state index is 13.3. The van der Waals surface area contributed by atoms with Gasteiger partial charge in [-0.15, -0.1) is 0 Å². The molecule has 0 saturated carbocycles. The minimum absolute atomic E-state index is 0.0960. The van der Waals surface area contributed by atoms with Crippen LogP contribution in [-0.4, -0.2) is 95.8 Å². The number of nitro benzene ring substituents is 2. The first-order valence-corrected chi connectivity index (χ1v) is 23.0. The Morgan fingerprint density at radius 2 is 1.09 bits per heavy atom. The minimum atomic E-state index is -0.537. The Kier molecular flexibility index (Phi) is 14.9. The highest BCUT2D eigenvalue weighted by Crippen LogP contribution is 2.49. The van der Waals surface area contributed by atoms with Gasteiger partial charge in [0.25, 0.3) is 11.4 Å². The summed E-state index contributed by atoms with van der Waals surface area (Å²) in [6, 6.07) is 16.4. The highest BCUT2D eigenvalue weighted by molar-refractivity contribution is 7.99. The molecular formula is C48H48N6O12S. The smallest absolute Gasteiger partial charge is 0.291 e. The van der Waals surface area contributed by atoms with Gasteiger partial charge in [0.1, 0.15) is 0 Å². The molecule has 2 saturated heterocycles. The van der Waals surface area contributed by atoms with Gasteiger partial charge in [0.15, 0.2) is 11.5 Å². The molecule has 0 aromatic heterocycles. The Morgan fingerprint density at radius 1 is 0.642 bits per heavy atom. The molecule has 8 rings (SSSR count). The summed E-state index contributed by atoms with van der Waals surface area (Å²) in [5.74, 6) is 0.267. The second kappa shape index (κ2) is 21.5. The summed E-state index contributed by atoms with van der Waals surface area (Å²) in [4.78, 5) is 100. The minimum Gasteiger partial charge on any atom is -0.352 e. The Labute approximate surface area is 389 Å². The van der Waals surface area contributed by atoms with Crippen molar-refractivity contribution in [1.29, 1.82) is 0 Å². The number of nitrogens with zero attached hydrogens (tertiary/aromatic N) is 4. The standard InChI is InChI=1S/C48H48N6O12S/c55-41(49-21-3-25-51-23-1-5-43(51)57)17-11-31-9-15-39(47(53(59)60)45(31)35-7-13-37-33(29-35)19-27-63-65-37)67-40-16-10-32(12-18-42(56)50-22-4-26-52-24-2-6-44(52)58)46(48(40)54(61)62)36-8-14-38-34(30-36)20-28-64-66-38/h7-18,29-30H,1-6,19-28H2,(H,49,55)(H,50,56)/b17-11+,18-12+. The van der Waals surface area contributed by atoms with Gasteiger partial charge < -0.3 is 30.2 Å². The van der Waals surface area contributed by atoms with Crippen LogP contribution in [0.2, 0.25) is 0 Å². The molecule has 4 amide bonds. The number of hydrogen-bond donors (Lipinski definition) is 2. The fourth-order valence-corrected chi connectivity index (χ4v) is 9.59. The van der Waals surface area contributed by atoms with Crippen molar-refractivity contribution in [2.24, 2.45) is 0 Å². The summed E-state index contributed by atoms with van der Waals surface area (Å²) < 4.78 is 0. The molecular weight excluding hydrogens is 885 g/mol. The predicted molar refractivity (Wildman–Crippen MR) is 247 cm³/mol. The topological polar surface area (TPSA) is 222 Å². The molecule has 0 unspecified atom stereocenters. The number of likely N-dealkylation sites (tertiary alicyclic amines) is 2. The van der Waals surface area contributed by atoms with Gasteiger partial charge in [0, 0.05) is 88.2 Å². The Bertz CT molecular complexity index is 2490. The Hall–Kier alpha value is -7.09. The molecule has 19 heteroatoms. The van der Waals surface area contributed by atoms with E-state index in [1.807, 2.05) is 0 Å². The van der Waals surface area contributed by atoms with Crippen molar-refractivity contribution in [2.45, 2.75) is 61.2 Å². The summed E-state index contributed by atoms with van der Waals surface area (Å²) in [7, 11) is 0. The number of benzene rings is 4. The third-order valence-electron chi connectivity index (χ3n) is 11.8. The maximum Gasteiger partial charge on any atom is 0.291 e. The summed E-state index contributed by atoms with van der Waals surface area (Å²) in [5.41, 5.74) is 2.77. The fraction of sp³-hybridized carbons (Fsp3) is 0.333. The SMILES string of the molecule is O=C(/C=C/c1ccc(Sc2ccc(/C=C/C(=O)NCCCN3CCCC3=O)c(-c3ccc4c(c3)CCOO4)c2[N+](=O)[O-])c([N+](=O)[O-])c1-c1ccc2c(c1)CCOO2)NCCCN1CCCC1=O. The normalized spacial score (nSPS) is 15.6. The van der Waals surface area contributed by atoms with Gasteiger partial charge in [-0.25, -0.2) is 0 Å². The van der Waals surface area contributed by atoms with E-state index in [0.29, 0.717) is 112 Å². The van der Waals surface area contributed by atoms with Gasteiger partial charge in [0.05, 0.1) is 44.0 Å². The molecule has 2 fully saturated rings. The van der Waals surface area contributed by atoms with Crippen molar-refractivity contribution >= 4 is 58.9 Å². The van der Waals surface area contributed by atoms with Crippen molar-refractivity contribution in [3.05, 3.63) is 115 Å². The lowest BCUT2D eigenvalue weighted by Crippen LogP contribution is -2.29. The quantitative estimate of drug-likeness (QED) is 0.0338. The van der Waals surface area contributed by atoms with Crippen molar-refractivity contribution in [2.75, 3.05) is 52.5 Å². The monoisotopic (exact) mass is 932 g/mol. The van der Waals surface area contributed by atoms with Crippen molar-refractivity contribution in [1.82, 2.24) is 20.4 Å². The highest BCUT2D eigenvalue weighted by Gasteiger charge is 2.31. The van der Waals surface area contributed by atoms with Crippen LogP contribution in [0.3, 0.4) is 0 Å². The largest absolute Gasteiger partial charge is 0.352 e. The fourth-order valence-electron chi connectivity index (χ4n) is 8.54. The van der Waals surface area contributed by atoms with Gasteiger partial charge in [0.2, 0.25) is 23.6 Å². The number of fused-ring (bicyclic) bond motifs is 2. The number of hydrogen-bond acceptors (Lipinski definition) is 13. The van der Waals surface area contributed by atoms with E-state index in [9.17, 15) is 39.4 Å². The molecule has 4 heterocycles. The number of rotatable bonds is 18. The Morgan fingerprint density at radius 3 is 1.49 bits per heavy atom. The summed E-state index contributed by atoms with van der Waals surface area (Å²) in [6.07, 6.45) is 10.4. The molecule has 2 N–H and O–H groups in total. The van der Waals surface area contributed by atoms with Gasteiger partial charge in [-0.1, -0.05) is 36.0 Å². The summed E-state index contributed by atoms with van der Waals surface area (Å²) in [6.45, 7) is 3.64. The van der Waals surface area contributed by atoms with Crippen LogP contribution in [0, 0.1) is 20.2 Å².